The van der Waals surface area contributed by atoms with Crippen LogP contribution in [0.3, 0.4) is 0 Å². The summed E-state index contributed by atoms with van der Waals surface area (Å²) in [4.78, 5) is 0. The van der Waals surface area contributed by atoms with E-state index < -0.39 is 0 Å². The first-order valence-corrected chi connectivity index (χ1v) is 4.36. The third kappa shape index (κ3) is 14.5. The molecule has 6 heteroatoms. The van der Waals surface area contributed by atoms with Gasteiger partial charge >= 0.3 is 0 Å². The summed E-state index contributed by atoms with van der Waals surface area (Å²) in [6, 6.07) is 0. The van der Waals surface area contributed by atoms with Gasteiger partial charge in [-0.1, -0.05) is 0 Å². The van der Waals surface area contributed by atoms with E-state index >= 15 is 0 Å². The van der Waals surface area contributed by atoms with Crippen molar-refractivity contribution < 1.29 is 24.4 Å². The molecule has 0 heterocycles. The Morgan fingerprint density at radius 1 is 0.571 bits per heavy atom. The monoisotopic (exact) mass is 226 g/mol. The third-order valence-corrected chi connectivity index (χ3v) is 1.22. The van der Waals surface area contributed by atoms with Crippen molar-refractivity contribution in [2.75, 3.05) is 52.9 Å². The van der Waals surface area contributed by atoms with E-state index in [9.17, 15) is 0 Å². The summed E-state index contributed by atoms with van der Waals surface area (Å²) in [5.41, 5.74) is 0. The van der Waals surface area contributed by atoms with Crippen molar-refractivity contribution in [2.24, 2.45) is 0 Å². The fraction of sp³-hybridized carbons (Fsp3) is 1.00. The van der Waals surface area contributed by atoms with Crippen LogP contribution in [0.25, 0.3) is 0 Å². The van der Waals surface area contributed by atoms with Crippen LogP contribution in [0.4, 0.5) is 0 Å². The summed E-state index contributed by atoms with van der Waals surface area (Å²) in [5.74, 6) is 0. The molecule has 0 saturated carbocycles. The Balaban J connectivity index is 0. The van der Waals surface area contributed by atoms with Crippen LogP contribution in [0.15, 0.2) is 0 Å². The standard InChI is InChI=1S/C8H18O5.H4Si/c9-1-3-11-5-7-13-8-6-12-4-2-10;/h9-10H,1-8H2;1H4. The van der Waals surface area contributed by atoms with E-state index in [2.05, 4.69) is 0 Å². The molecule has 0 bridgehead atoms. The van der Waals surface area contributed by atoms with Crippen molar-refractivity contribution >= 4 is 11.0 Å². The van der Waals surface area contributed by atoms with Crippen LogP contribution in [-0.2, 0) is 14.2 Å². The summed E-state index contributed by atoms with van der Waals surface area (Å²) in [7, 11) is 0. The lowest BCUT2D eigenvalue weighted by Crippen LogP contribution is -2.11. The van der Waals surface area contributed by atoms with Crippen LogP contribution in [0.2, 0.25) is 0 Å². The summed E-state index contributed by atoms with van der Waals surface area (Å²) in [6.45, 7) is 2.76. The first-order valence-electron chi connectivity index (χ1n) is 4.36. The van der Waals surface area contributed by atoms with Crippen molar-refractivity contribution in [1.82, 2.24) is 0 Å². The van der Waals surface area contributed by atoms with Gasteiger partial charge < -0.3 is 24.4 Å². The highest BCUT2D eigenvalue weighted by Crippen LogP contribution is 1.80. The van der Waals surface area contributed by atoms with Crippen LogP contribution in [0, 0.1) is 0 Å². The number of aliphatic hydroxyl groups excluding tert-OH is 2. The molecule has 0 fully saturated rings. The summed E-state index contributed by atoms with van der Waals surface area (Å²) in [6.07, 6.45) is 0. The zero-order valence-electron chi connectivity index (χ0n) is 7.78. The lowest BCUT2D eigenvalue weighted by atomic mass is 10.7. The number of aliphatic hydroxyl groups is 2. The molecule has 0 aliphatic carbocycles. The molecular weight excluding hydrogens is 204 g/mol. The highest BCUT2D eigenvalue weighted by atomic mass is 28.1. The smallest absolute Gasteiger partial charge is 0.0701 e. The van der Waals surface area contributed by atoms with Gasteiger partial charge in [0.1, 0.15) is 0 Å². The van der Waals surface area contributed by atoms with Crippen LogP contribution >= 0.6 is 0 Å². The Bertz CT molecular complexity index is 83.8. The summed E-state index contributed by atoms with van der Waals surface area (Å²) >= 11 is 0. The van der Waals surface area contributed by atoms with Gasteiger partial charge in [0.25, 0.3) is 0 Å². The largest absolute Gasteiger partial charge is 0.394 e. The Morgan fingerprint density at radius 3 is 1.14 bits per heavy atom. The van der Waals surface area contributed by atoms with Crippen molar-refractivity contribution in [1.29, 1.82) is 0 Å². The van der Waals surface area contributed by atoms with Gasteiger partial charge in [-0.15, -0.1) is 0 Å². The Labute approximate surface area is 89.0 Å². The normalized spacial score (nSPS) is 9.86. The van der Waals surface area contributed by atoms with Crippen LogP contribution in [-0.4, -0.2) is 74.0 Å². The molecule has 0 spiro atoms. The highest BCUT2D eigenvalue weighted by Gasteiger charge is 1.89. The average molecular weight is 226 g/mol. The van der Waals surface area contributed by atoms with E-state index in [-0.39, 0.29) is 24.2 Å². The molecule has 14 heavy (non-hydrogen) atoms. The van der Waals surface area contributed by atoms with E-state index in [1.54, 1.807) is 0 Å². The van der Waals surface area contributed by atoms with Gasteiger partial charge in [0.2, 0.25) is 0 Å². The van der Waals surface area contributed by atoms with Crippen LogP contribution in [0.5, 0.6) is 0 Å². The number of hydrogen-bond acceptors (Lipinski definition) is 5. The molecule has 0 unspecified atom stereocenters. The van der Waals surface area contributed by atoms with Crippen molar-refractivity contribution in [3.8, 4) is 0 Å². The van der Waals surface area contributed by atoms with Crippen LogP contribution < -0.4 is 0 Å². The topological polar surface area (TPSA) is 68.2 Å². The first-order chi connectivity index (χ1) is 6.41. The molecule has 0 aromatic rings. The highest BCUT2D eigenvalue weighted by molar-refractivity contribution is 5.75. The Hall–Kier alpha value is 0.0169. The van der Waals surface area contributed by atoms with E-state index in [0.29, 0.717) is 39.6 Å². The van der Waals surface area contributed by atoms with Gasteiger partial charge in [-0.3, -0.25) is 0 Å². The molecule has 88 valence electrons. The maximum atomic E-state index is 8.36. The summed E-state index contributed by atoms with van der Waals surface area (Å²) < 4.78 is 15.0. The van der Waals surface area contributed by atoms with E-state index in [0.717, 1.165) is 0 Å². The minimum Gasteiger partial charge on any atom is -0.394 e. The predicted molar refractivity (Wildman–Crippen MR) is 58.0 cm³/mol. The second-order valence-electron chi connectivity index (χ2n) is 2.28. The Morgan fingerprint density at radius 2 is 0.857 bits per heavy atom. The number of ether oxygens (including phenoxy) is 3. The molecule has 0 atom stereocenters. The van der Waals surface area contributed by atoms with Gasteiger partial charge in [-0.25, -0.2) is 0 Å². The van der Waals surface area contributed by atoms with Crippen LogP contribution in [0.1, 0.15) is 0 Å². The minimum absolute atomic E-state index is 0. The van der Waals surface area contributed by atoms with Crippen molar-refractivity contribution in [3.05, 3.63) is 0 Å². The molecule has 5 nitrogen and oxygen atoms in total. The van der Waals surface area contributed by atoms with E-state index in [4.69, 9.17) is 24.4 Å². The molecule has 0 radical (unpaired) electrons. The molecule has 0 rings (SSSR count). The summed E-state index contributed by atoms with van der Waals surface area (Å²) in [5, 5.41) is 16.7. The average Bonchev–Trinajstić information content (AvgIpc) is 2.16. The fourth-order valence-corrected chi connectivity index (χ4v) is 0.671. The molecule has 0 saturated heterocycles. The van der Waals surface area contributed by atoms with Crippen molar-refractivity contribution in [2.45, 2.75) is 0 Å². The Kier molecular flexibility index (Phi) is 18.2. The van der Waals surface area contributed by atoms with Gasteiger partial charge in [0.15, 0.2) is 0 Å². The zero-order valence-corrected chi connectivity index (χ0v) is 7.78. The fourth-order valence-electron chi connectivity index (χ4n) is 0.671. The van der Waals surface area contributed by atoms with Gasteiger partial charge in [0, 0.05) is 0 Å². The first kappa shape index (κ1) is 16.4. The lowest BCUT2D eigenvalue weighted by molar-refractivity contribution is 0.00230. The predicted octanol–water partition coefficient (Wildman–Crippen LogP) is -2.43. The third-order valence-electron chi connectivity index (χ3n) is 1.22. The molecule has 2 N–H and O–H groups in total. The number of hydrogen-bond donors (Lipinski definition) is 2. The molecular formula is C8H22O5Si. The molecule has 0 aromatic carbocycles. The lowest BCUT2D eigenvalue weighted by Gasteiger charge is -2.04. The van der Waals surface area contributed by atoms with Crippen molar-refractivity contribution in [3.63, 3.8) is 0 Å². The van der Waals surface area contributed by atoms with Gasteiger partial charge in [-0.05, 0) is 11.0 Å². The zero-order chi connectivity index (χ0) is 9.78. The SMILES string of the molecule is OCCOCCOCCOCCO.[SiH4]. The van der Waals surface area contributed by atoms with E-state index in [1.807, 2.05) is 0 Å². The second kappa shape index (κ2) is 15.5. The van der Waals surface area contributed by atoms with E-state index in [1.165, 1.54) is 0 Å². The molecule has 0 aromatic heterocycles. The number of rotatable bonds is 10. The molecule has 0 aliphatic heterocycles. The maximum Gasteiger partial charge on any atom is 0.0701 e. The minimum atomic E-state index is 0. The molecule has 0 aliphatic rings. The van der Waals surface area contributed by atoms with Gasteiger partial charge in [0.05, 0.1) is 52.9 Å². The second-order valence-corrected chi connectivity index (χ2v) is 2.28. The maximum absolute atomic E-state index is 8.36. The molecule has 0 amide bonds. The quantitative estimate of drug-likeness (QED) is 0.320. The van der Waals surface area contributed by atoms with Gasteiger partial charge in [-0.2, -0.15) is 0 Å².